The molecule has 15 heavy (non-hydrogen) atoms. The van der Waals surface area contributed by atoms with Crippen LogP contribution in [0.1, 0.15) is 25.7 Å². The lowest BCUT2D eigenvalue weighted by molar-refractivity contribution is -0.305. The number of carbonyl (C=O) groups excluding carboxylic acids is 2. The molecule has 5 nitrogen and oxygen atoms in total. The van der Waals surface area contributed by atoms with E-state index in [1.54, 1.807) is 0 Å². The van der Waals surface area contributed by atoms with Crippen LogP contribution in [-0.2, 0) is 19.1 Å². The Morgan fingerprint density at radius 3 is 2.47 bits per heavy atom. The van der Waals surface area contributed by atoms with Gasteiger partial charge in [0.15, 0.2) is 0 Å². The van der Waals surface area contributed by atoms with E-state index in [-0.39, 0.29) is 19.4 Å². The summed E-state index contributed by atoms with van der Waals surface area (Å²) in [5.74, 6) is -1.75. The molecule has 0 aromatic heterocycles. The molecular weight excluding hydrogens is 200 g/mol. The molecule has 0 radical (unpaired) electrons. The highest BCUT2D eigenvalue weighted by Crippen LogP contribution is 1.96. The first kappa shape index (κ1) is 13.5. The van der Waals surface area contributed by atoms with E-state index in [1.807, 2.05) is 0 Å². The zero-order valence-electron chi connectivity index (χ0n) is 8.57. The molecule has 0 aromatic carbocycles. The maximum absolute atomic E-state index is 10.9. The van der Waals surface area contributed by atoms with E-state index in [4.69, 9.17) is 9.47 Å². The van der Waals surface area contributed by atoms with E-state index in [0.29, 0.717) is 13.0 Å². The number of carboxylic acid groups (broad SMARTS) is 1. The Balaban J connectivity index is 3.23. The number of ether oxygens (including phenoxy) is 2. The number of carboxylic acids is 1. The molecule has 0 atom stereocenters. The molecule has 0 aliphatic carbocycles. The van der Waals surface area contributed by atoms with Gasteiger partial charge in [0, 0.05) is 5.97 Å². The fraction of sp³-hybridized carbons (Fsp3) is 0.600. The highest BCUT2D eigenvalue weighted by Gasteiger charge is 2.01. The van der Waals surface area contributed by atoms with Gasteiger partial charge in [-0.1, -0.05) is 6.58 Å². The summed E-state index contributed by atoms with van der Waals surface area (Å²) < 4.78 is 9.62. The highest BCUT2D eigenvalue weighted by molar-refractivity contribution is 5.75. The van der Waals surface area contributed by atoms with Gasteiger partial charge in [-0.3, -0.25) is 4.79 Å². The number of aliphatic carboxylic acids is 1. The van der Waals surface area contributed by atoms with E-state index in [2.05, 4.69) is 6.58 Å². The zero-order chi connectivity index (χ0) is 11.5. The summed E-state index contributed by atoms with van der Waals surface area (Å²) in [6.07, 6.45) is 2.38. The van der Waals surface area contributed by atoms with Crippen molar-refractivity contribution in [3.05, 3.63) is 12.8 Å². The summed E-state index contributed by atoms with van der Waals surface area (Å²) in [5, 5.41) is 10.0. The zero-order valence-corrected chi connectivity index (χ0v) is 8.57. The third kappa shape index (κ3) is 10.4. The standard InChI is InChI=1S/C10H16O5/c1-2-14-7-3-4-8-15-10(13)6-5-9(11)12/h2H,1,3-8H2,(H,11,12)/p-1. The number of hydrogen-bond donors (Lipinski definition) is 0. The predicted molar refractivity (Wildman–Crippen MR) is 50.6 cm³/mol. The molecule has 0 heterocycles. The predicted octanol–water partition coefficient (Wildman–Crippen LogP) is 0. The molecule has 0 rings (SSSR count). The monoisotopic (exact) mass is 215 g/mol. The molecule has 0 unspecified atom stereocenters. The Labute approximate surface area is 88.7 Å². The van der Waals surface area contributed by atoms with Crippen molar-refractivity contribution in [1.82, 2.24) is 0 Å². The van der Waals surface area contributed by atoms with Gasteiger partial charge >= 0.3 is 5.97 Å². The minimum Gasteiger partial charge on any atom is -0.550 e. The molecule has 0 saturated carbocycles. The summed E-state index contributed by atoms with van der Waals surface area (Å²) in [4.78, 5) is 20.9. The number of unbranched alkanes of at least 4 members (excludes halogenated alkanes) is 1. The van der Waals surface area contributed by atoms with Crippen LogP contribution in [0.4, 0.5) is 0 Å². The number of carbonyl (C=O) groups is 2. The van der Waals surface area contributed by atoms with Crippen LogP contribution in [0, 0.1) is 0 Å². The molecule has 0 fully saturated rings. The van der Waals surface area contributed by atoms with E-state index in [1.165, 1.54) is 6.26 Å². The first-order chi connectivity index (χ1) is 7.16. The Hall–Kier alpha value is -1.52. The van der Waals surface area contributed by atoms with Gasteiger partial charge in [-0.05, 0) is 19.3 Å². The molecule has 86 valence electrons. The molecular formula is C10H15O5-. The van der Waals surface area contributed by atoms with Gasteiger partial charge < -0.3 is 19.4 Å². The quantitative estimate of drug-likeness (QED) is 0.307. The smallest absolute Gasteiger partial charge is 0.306 e. The first-order valence-corrected chi connectivity index (χ1v) is 4.74. The normalized spacial score (nSPS) is 9.33. The van der Waals surface area contributed by atoms with Crippen molar-refractivity contribution in [2.24, 2.45) is 0 Å². The summed E-state index contributed by atoms with van der Waals surface area (Å²) >= 11 is 0. The summed E-state index contributed by atoms with van der Waals surface area (Å²) in [6.45, 7) is 4.20. The van der Waals surface area contributed by atoms with Gasteiger partial charge in [0.25, 0.3) is 0 Å². The third-order valence-electron chi connectivity index (χ3n) is 1.57. The van der Waals surface area contributed by atoms with Crippen LogP contribution >= 0.6 is 0 Å². The lowest BCUT2D eigenvalue weighted by Crippen LogP contribution is -2.23. The van der Waals surface area contributed by atoms with Crippen molar-refractivity contribution in [1.29, 1.82) is 0 Å². The third-order valence-corrected chi connectivity index (χ3v) is 1.57. The molecule has 0 bridgehead atoms. The second-order valence-corrected chi connectivity index (χ2v) is 2.84. The molecule has 0 aliphatic rings. The van der Waals surface area contributed by atoms with Crippen LogP contribution in [0.2, 0.25) is 0 Å². The van der Waals surface area contributed by atoms with E-state index in [9.17, 15) is 14.7 Å². The van der Waals surface area contributed by atoms with Crippen LogP contribution in [0.15, 0.2) is 12.8 Å². The van der Waals surface area contributed by atoms with Crippen molar-refractivity contribution < 1.29 is 24.2 Å². The van der Waals surface area contributed by atoms with Crippen molar-refractivity contribution >= 4 is 11.9 Å². The van der Waals surface area contributed by atoms with Gasteiger partial charge in [0.1, 0.15) is 0 Å². The van der Waals surface area contributed by atoms with Crippen molar-refractivity contribution in [2.45, 2.75) is 25.7 Å². The van der Waals surface area contributed by atoms with Crippen LogP contribution in [0.3, 0.4) is 0 Å². The van der Waals surface area contributed by atoms with Crippen molar-refractivity contribution in [3.8, 4) is 0 Å². The Kier molecular flexibility index (Phi) is 8.13. The number of rotatable bonds is 9. The fourth-order valence-corrected chi connectivity index (χ4v) is 0.833. The highest BCUT2D eigenvalue weighted by atomic mass is 16.5. The molecule has 0 aromatic rings. The second-order valence-electron chi connectivity index (χ2n) is 2.84. The number of esters is 1. The average Bonchev–Trinajstić information content (AvgIpc) is 2.20. The fourth-order valence-electron chi connectivity index (χ4n) is 0.833. The van der Waals surface area contributed by atoms with Crippen LogP contribution < -0.4 is 5.11 Å². The summed E-state index contributed by atoms with van der Waals surface area (Å²) in [6, 6.07) is 0. The van der Waals surface area contributed by atoms with Crippen LogP contribution in [0.25, 0.3) is 0 Å². The topological polar surface area (TPSA) is 75.7 Å². The number of hydrogen-bond acceptors (Lipinski definition) is 5. The molecule has 0 N–H and O–H groups in total. The van der Waals surface area contributed by atoms with Crippen LogP contribution in [-0.4, -0.2) is 25.2 Å². The maximum Gasteiger partial charge on any atom is 0.306 e. The Morgan fingerprint density at radius 2 is 1.87 bits per heavy atom. The van der Waals surface area contributed by atoms with E-state index in [0.717, 1.165) is 6.42 Å². The molecule has 0 saturated heterocycles. The summed E-state index contributed by atoms with van der Waals surface area (Å²) in [7, 11) is 0. The summed E-state index contributed by atoms with van der Waals surface area (Å²) in [5.41, 5.74) is 0. The lowest BCUT2D eigenvalue weighted by atomic mass is 10.3. The Morgan fingerprint density at radius 1 is 1.20 bits per heavy atom. The van der Waals surface area contributed by atoms with Gasteiger partial charge in [-0.2, -0.15) is 0 Å². The van der Waals surface area contributed by atoms with Gasteiger partial charge in [0.05, 0.1) is 25.9 Å². The van der Waals surface area contributed by atoms with Gasteiger partial charge in [0.2, 0.25) is 0 Å². The van der Waals surface area contributed by atoms with Gasteiger partial charge in [-0.15, -0.1) is 0 Å². The SMILES string of the molecule is C=COCCCCOC(=O)CCC(=O)[O-]. The Bertz CT molecular complexity index is 212. The van der Waals surface area contributed by atoms with E-state index < -0.39 is 11.9 Å². The minimum absolute atomic E-state index is 0.133. The minimum atomic E-state index is -1.24. The largest absolute Gasteiger partial charge is 0.550 e. The maximum atomic E-state index is 10.9. The molecule has 0 spiro atoms. The second kappa shape index (κ2) is 9.05. The van der Waals surface area contributed by atoms with Crippen LogP contribution in [0.5, 0.6) is 0 Å². The van der Waals surface area contributed by atoms with Crippen molar-refractivity contribution in [3.63, 3.8) is 0 Å². The molecule has 0 amide bonds. The van der Waals surface area contributed by atoms with Crippen molar-refractivity contribution in [2.75, 3.05) is 13.2 Å². The molecule has 5 heteroatoms. The lowest BCUT2D eigenvalue weighted by Gasteiger charge is -2.05. The average molecular weight is 215 g/mol. The van der Waals surface area contributed by atoms with Gasteiger partial charge in [-0.25, -0.2) is 0 Å². The van der Waals surface area contributed by atoms with E-state index >= 15 is 0 Å². The first-order valence-electron chi connectivity index (χ1n) is 4.74. The molecule has 0 aliphatic heterocycles.